The fourth-order valence-electron chi connectivity index (χ4n) is 0.482. The molecule has 0 radical (unpaired) electrons. The topological polar surface area (TPSA) is 37.3 Å². The average Bonchev–Trinajstić information content (AvgIpc) is 1.64. The lowest BCUT2D eigenvalue weighted by Crippen LogP contribution is -2.21. The van der Waals surface area contributed by atoms with Crippen molar-refractivity contribution < 1.29 is 9.90 Å². The summed E-state index contributed by atoms with van der Waals surface area (Å²) in [6.07, 6.45) is -0.796. The molecule has 0 amide bonds. The Bertz CT molecular complexity index is 74.5. The van der Waals surface area contributed by atoms with Crippen LogP contribution in [0, 0.1) is 5.92 Å². The third-order valence-corrected chi connectivity index (χ3v) is 0.981. The molecule has 0 saturated heterocycles. The molecular weight excluding hydrogens is 104 g/mol. The van der Waals surface area contributed by atoms with Gasteiger partial charge in [0.1, 0.15) is 6.10 Å². The molecule has 0 aromatic heterocycles. The number of carbonyl (C=O) groups is 1. The molecule has 48 valence electrons. The highest BCUT2D eigenvalue weighted by atomic mass is 16.3. The summed E-state index contributed by atoms with van der Waals surface area (Å²) in [7, 11) is 0. The number of hydrogen-bond acceptors (Lipinski definition) is 2. The van der Waals surface area contributed by atoms with Crippen LogP contribution < -0.4 is 0 Å². The quantitative estimate of drug-likeness (QED) is 0.573. The molecule has 0 aliphatic heterocycles. The zero-order valence-corrected chi connectivity index (χ0v) is 5.51. The Morgan fingerprint density at radius 2 is 1.75 bits per heavy atom. The molecule has 1 N–H and O–H groups in total. The third-order valence-electron chi connectivity index (χ3n) is 0.981. The molecule has 2 heteroatoms. The highest BCUT2D eigenvalue weighted by Gasteiger charge is 2.11. The van der Waals surface area contributed by atoms with Crippen LogP contribution in [0.5, 0.6) is 0 Å². The van der Waals surface area contributed by atoms with Crippen molar-refractivity contribution in [3.8, 4) is 0 Å². The van der Waals surface area contributed by atoms with Crippen molar-refractivity contribution in [3.05, 3.63) is 0 Å². The second-order valence-corrected chi connectivity index (χ2v) is 2.23. The van der Waals surface area contributed by atoms with E-state index in [1.807, 2.05) is 0 Å². The maximum Gasteiger partial charge on any atom is 0.163 e. The van der Waals surface area contributed by atoms with Crippen molar-refractivity contribution in [2.45, 2.75) is 26.9 Å². The van der Waals surface area contributed by atoms with Gasteiger partial charge in [0.15, 0.2) is 5.78 Å². The van der Waals surface area contributed by atoms with Crippen molar-refractivity contribution in [1.82, 2.24) is 0 Å². The molecule has 0 heterocycles. The first-order chi connectivity index (χ1) is 3.55. The van der Waals surface area contributed by atoms with E-state index < -0.39 is 6.10 Å². The van der Waals surface area contributed by atoms with E-state index in [-0.39, 0.29) is 11.7 Å². The minimum atomic E-state index is -0.796. The second-order valence-electron chi connectivity index (χ2n) is 2.23. The summed E-state index contributed by atoms with van der Waals surface area (Å²) in [5.74, 6) is -0.139. The van der Waals surface area contributed by atoms with E-state index in [9.17, 15) is 4.79 Å². The number of rotatable bonds is 2. The zero-order valence-electron chi connectivity index (χ0n) is 5.51. The summed E-state index contributed by atoms with van der Waals surface area (Å²) in [4.78, 5) is 10.6. The molecule has 0 fully saturated rings. The first-order valence-corrected chi connectivity index (χ1v) is 2.77. The summed E-state index contributed by atoms with van der Waals surface area (Å²) in [6, 6.07) is 0. The standard InChI is InChI=1S/C6H12O2/c1-4(2)6(8)5(3)7/h4-5,7H,1-3H3. The Kier molecular flexibility index (Phi) is 2.69. The molecule has 8 heavy (non-hydrogen) atoms. The molecule has 0 rings (SSSR count). The predicted molar refractivity (Wildman–Crippen MR) is 31.5 cm³/mol. The second kappa shape index (κ2) is 2.82. The van der Waals surface area contributed by atoms with E-state index in [4.69, 9.17) is 5.11 Å². The summed E-state index contributed by atoms with van der Waals surface area (Å²) in [5, 5.41) is 8.64. The van der Waals surface area contributed by atoms with Gasteiger partial charge >= 0.3 is 0 Å². The van der Waals surface area contributed by atoms with E-state index in [1.165, 1.54) is 6.92 Å². The Balaban J connectivity index is 3.65. The number of aliphatic hydroxyl groups excluding tert-OH is 1. The van der Waals surface area contributed by atoms with Crippen LogP contribution in [0.4, 0.5) is 0 Å². The molecule has 0 aliphatic rings. The zero-order chi connectivity index (χ0) is 6.73. The van der Waals surface area contributed by atoms with Crippen LogP contribution in [0.3, 0.4) is 0 Å². The summed E-state index contributed by atoms with van der Waals surface area (Å²) in [6.45, 7) is 5.03. The van der Waals surface area contributed by atoms with Gasteiger partial charge in [0, 0.05) is 5.92 Å². The smallest absolute Gasteiger partial charge is 0.163 e. The fraction of sp³-hybridized carbons (Fsp3) is 0.833. The van der Waals surface area contributed by atoms with E-state index in [1.54, 1.807) is 13.8 Å². The summed E-state index contributed by atoms with van der Waals surface area (Å²) < 4.78 is 0. The number of aliphatic hydroxyl groups is 1. The lowest BCUT2D eigenvalue weighted by Gasteiger charge is -2.04. The molecule has 1 atom stereocenters. The van der Waals surface area contributed by atoms with Crippen LogP contribution in [-0.4, -0.2) is 17.0 Å². The number of Topliss-reactive ketones (excluding diaryl/α,β-unsaturated/α-hetero) is 1. The third kappa shape index (κ3) is 2.07. The Morgan fingerprint density at radius 1 is 1.38 bits per heavy atom. The first kappa shape index (κ1) is 7.63. The van der Waals surface area contributed by atoms with Crippen molar-refractivity contribution in [3.63, 3.8) is 0 Å². The fourth-order valence-corrected chi connectivity index (χ4v) is 0.482. The van der Waals surface area contributed by atoms with E-state index in [0.717, 1.165) is 0 Å². The molecule has 2 nitrogen and oxygen atoms in total. The highest BCUT2D eigenvalue weighted by Crippen LogP contribution is 1.97. The van der Waals surface area contributed by atoms with Gasteiger partial charge < -0.3 is 5.11 Å². The van der Waals surface area contributed by atoms with Gasteiger partial charge in [-0.1, -0.05) is 13.8 Å². The van der Waals surface area contributed by atoms with Gasteiger partial charge in [0.25, 0.3) is 0 Å². The van der Waals surface area contributed by atoms with Gasteiger partial charge in [-0.2, -0.15) is 0 Å². The van der Waals surface area contributed by atoms with Crippen molar-refractivity contribution in [2.24, 2.45) is 5.92 Å². The van der Waals surface area contributed by atoms with Crippen LogP contribution in [-0.2, 0) is 4.79 Å². The van der Waals surface area contributed by atoms with Crippen molar-refractivity contribution in [2.75, 3.05) is 0 Å². The van der Waals surface area contributed by atoms with Gasteiger partial charge in [-0.05, 0) is 6.92 Å². The molecule has 0 aromatic carbocycles. The first-order valence-electron chi connectivity index (χ1n) is 2.77. The van der Waals surface area contributed by atoms with E-state index >= 15 is 0 Å². The van der Waals surface area contributed by atoms with Crippen LogP contribution in [0.1, 0.15) is 20.8 Å². The SMILES string of the molecule is CC(C)C(=O)C(C)O. The van der Waals surface area contributed by atoms with Crippen LogP contribution in [0.25, 0.3) is 0 Å². The molecule has 1 unspecified atom stereocenters. The predicted octanol–water partition coefficient (Wildman–Crippen LogP) is 0.592. The van der Waals surface area contributed by atoms with Gasteiger partial charge in [-0.15, -0.1) is 0 Å². The van der Waals surface area contributed by atoms with E-state index in [0.29, 0.717) is 0 Å². The van der Waals surface area contributed by atoms with Crippen molar-refractivity contribution in [1.29, 1.82) is 0 Å². The minimum Gasteiger partial charge on any atom is -0.386 e. The summed E-state index contributed by atoms with van der Waals surface area (Å²) in [5.41, 5.74) is 0. The lowest BCUT2D eigenvalue weighted by atomic mass is 10.1. The molecule has 0 spiro atoms. The Hall–Kier alpha value is -0.370. The van der Waals surface area contributed by atoms with E-state index in [2.05, 4.69) is 0 Å². The maximum atomic E-state index is 10.6. The number of ketones is 1. The molecular formula is C6H12O2. The average molecular weight is 116 g/mol. The maximum absolute atomic E-state index is 10.6. The molecule has 0 aromatic rings. The number of hydrogen-bond donors (Lipinski definition) is 1. The number of carbonyl (C=O) groups excluding carboxylic acids is 1. The van der Waals surface area contributed by atoms with Gasteiger partial charge in [-0.3, -0.25) is 4.79 Å². The monoisotopic (exact) mass is 116 g/mol. The summed E-state index contributed by atoms with van der Waals surface area (Å²) >= 11 is 0. The normalized spacial score (nSPS) is 14.1. The largest absolute Gasteiger partial charge is 0.386 e. The van der Waals surface area contributed by atoms with Gasteiger partial charge in [0.2, 0.25) is 0 Å². The van der Waals surface area contributed by atoms with Crippen LogP contribution in [0.2, 0.25) is 0 Å². The van der Waals surface area contributed by atoms with Crippen LogP contribution >= 0.6 is 0 Å². The van der Waals surface area contributed by atoms with Gasteiger partial charge in [0.05, 0.1) is 0 Å². The molecule has 0 saturated carbocycles. The lowest BCUT2D eigenvalue weighted by molar-refractivity contribution is -0.129. The highest BCUT2D eigenvalue weighted by molar-refractivity contribution is 5.84. The minimum absolute atomic E-state index is 0.0463. The molecule has 0 aliphatic carbocycles. The Labute approximate surface area is 49.5 Å². The van der Waals surface area contributed by atoms with Crippen molar-refractivity contribution >= 4 is 5.78 Å². The Morgan fingerprint density at radius 3 is 1.75 bits per heavy atom. The van der Waals surface area contributed by atoms with Crippen LogP contribution in [0.15, 0.2) is 0 Å². The molecule has 0 bridgehead atoms. The van der Waals surface area contributed by atoms with Gasteiger partial charge in [-0.25, -0.2) is 0 Å².